The van der Waals surface area contributed by atoms with E-state index in [1.807, 2.05) is 6.07 Å². The van der Waals surface area contributed by atoms with Gasteiger partial charge in [0.2, 0.25) is 0 Å². The summed E-state index contributed by atoms with van der Waals surface area (Å²) in [6.07, 6.45) is 0.889. The number of carbonyl (C=O) groups is 1. The van der Waals surface area contributed by atoms with Crippen molar-refractivity contribution < 1.29 is 18.7 Å². The van der Waals surface area contributed by atoms with Gasteiger partial charge in [-0.05, 0) is 24.6 Å². The van der Waals surface area contributed by atoms with Gasteiger partial charge in [-0.1, -0.05) is 12.1 Å². The Morgan fingerprint density at radius 1 is 1.40 bits per heavy atom. The molecular weight excluding hydrogens is 283 g/mol. The van der Waals surface area contributed by atoms with E-state index in [9.17, 15) is 9.18 Å². The van der Waals surface area contributed by atoms with E-state index in [1.165, 1.54) is 6.92 Å². The summed E-state index contributed by atoms with van der Waals surface area (Å²) in [6, 6.07) is 7.19. The van der Waals surface area contributed by atoms with E-state index in [4.69, 9.17) is 21.1 Å². The van der Waals surface area contributed by atoms with Crippen molar-refractivity contribution in [2.45, 2.75) is 24.6 Å². The Morgan fingerprint density at radius 2 is 2.15 bits per heavy atom. The fraction of sp³-hybridized carbons (Fsp3) is 0.533. The summed E-state index contributed by atoms with van der Waals surface area (Å²) >= 11 is 5.81. The zero-order valence-electron chi connectivity index (χ0n) is 11.8. The topological polar surface area (TPSA) is 35.5 Å². The van der Waals surface area contributed by atoms with Crippen molar-refractivity contribution >= 4 is 17.4 Å². The van der Waals surface area contributed by atoms with E-state index >= 15 is 0 Å². The van der Waals surface area contributed by atoms with Gasteiger partial charge in [0, 0.05) is 26.6 Å². The maximum atomic E-state index is 12.7. The zero-order chi connectivity index (χ0) is 15.0. The highest BCUT2D eigenvalue weighted by Crippen LogP contribution is 2.21. The first-order valence-electron chi connectivity index (χ1n) is 6.48. The predicted octanol–water partition coefficient (Wildman–Crippen LogP) is 3.18. The average molecular weight is 303 g/mol. The van der Waals surface area contributed by atoms with E-state index in [0.29, 0.717) is 19.0 Å². The fourth-order valence-electron chi connectivity index (χ4n) is 1.58. The average Bonchev–Trinajstić information content (AvgIpc) is 2.44. The Bertz CT molecular complexity index is 435. The largest absolute Gasteiger partial charge is 0.493 e. The Kier molecular flexibility index (Phi) is 6.96. The Labute approximate surface area is 124 Å². The van der Waals surface area contributed by atoms with Crippen LogP contribution in [0.25, 0.3) is 0 Å². The number of alkyl halides is 2. The molecule has 0 aliphatic rings. The monoisotopic (exact) mass is 302 g/mol. The molecule has 1 aromatic carbocycles. The number of methoxy groups -OCH3 is 1. The number of carbonyl (C=O) groups excluding carboxylic acids is 1. The smallest absolute Gasteiger partial charge is 0.160 e. The van der Waals surface area contributed by atoms with E-state index in [1.54, 1.807) is 25.3 Å². The third-order valence-electron chi connectivity index (χ3n) is 2.86. The molecule has 0 N–H and O–H groups in total. The van der Waals surface area contributed by atoms with Gasteiger partial charge in [0.05, 0.1) is 6.61 Å². The molecule has 20 heavy (non-hydrogen) atoms. The molecule has 5 heteroatoms. The van der Waals surface area contributed by atoms with Crippen LogP contribution in [0.3, 0.4) is 0 Å². The molecule has 0 bridgehead atoms. The lowest BCUT2D eigenvalue weighted by molar-refractivity contribution is -0.120. The molecule has 0 amide bonds. The van der Waals surface area contributed by atoms with Crippen LogP contribution in [-0.2, 0) is 16.0 Å². The van der Waals surface area contributed by atoms with Crippen molar-refractivity contribution in [3.8, 4) is 5.75 Å². The highest BCUT2D eigenvalue weighted by Gasteiger charge is 2.30. The first-order valence-corrected chi connectivity index (χ1v) is 6.86. The molecule has 0 saturated heterocycles. The molecule has 0 saturated carbocycles. The second-order valence-electron chi connectivity index (χ2n) is 4.77. The number of ether oxygens (including phenoxy) is 2. The van der Waals surface area contributed by atoms with Gasteiger partial charge in [0.25, 0.3) is 0 Å². The standard InChI is InChI=1S/C15H20ClFO3/c1-15(16,11-17)14(18)10-12-5-3-6-13(9-12)20-8-4-7-19-2/h3,5-6,9H,4,7-8,10-11H2,1-2H3. The number of hydrogen-bond acceptors (Lipinski definition) is 3. The van der Waals surface area contributed by atoms with Crippen LogP contribution in [0.15, 0.2) is 24.3 Å². The minimum absolute atomic E-state index is 0.0964. The lowest BCUT2D eigenvalue weighted by Crippen LogP contribution is -2.32. The van der Waals surface area contributed by atoms with Crippen molar-refractivity contribution in [1.29, 1.82) is 0 Å². The summed E-state index contributed by atoms with van der Waals surface area (Å²) in [5.74, 6) is 0.348. The number of ketones is 1. The molecule has 3 nitrogen and oxygen atoms in total. The number of rotatable bonds is 9. The van der Waals surface area contributed by atoms with Crippen molar-refractivity contribution in [3.63, 3.8) is 0 Å². The number of halogens is 2. The molecule has 112 valence electrons. The summed E-state index contributed by atoms with van der Waals surface area (Å²) in [4.78, 5) is 10.4. The van der Waals surface area contributed by atoms with Gasteiger partial charge in [-0.2, -0.15) is 0 Å². The second kappa shape index (κ2) is 8.22. The van der Waals surface area contributed by atoms with Crippen LogP contribution >= 0.6 is 11.6 Å². The summed E-state index contributed by atoms with van der Waals surface area (Å²) < 4.78 is 23.1. The lowest BCUT2D eigenvalue weighted by atomic mass is 10.00. The van der Waals surface area contributed by atoms with Crippen molar-refractivity contribution in [1.82, 2.24) is 0 Å². The van der Waals surface area contributed by atoms with Crippen molar-refractivity contribution in [3.05, 3.63) is 29.8 Å². The quantitative estimate of drug-likeness (QED) is 0.519. The predicted molar refractivity (Wildman–Crippen MR) is 77.4 cm³/mol. The fourth-order valence-corrected chi connectivity index (χ4v) is 1.65. The van der Waals surface area contributed by atoms with Crippen LogP contribution in [0.4, 0.5) is 4.39 Å². The lowest BCUT2D eigenvalue weighted by Gasteiger charge is -2.16. The summed E-state index contributed by atoms with van der Waals surface area (Å²) in [5, 5.41) is 0. The molecule has 0 spiro atoms. The number of hydrogen-bond donors (Lipinski definition) is 0. The summed E-state index contributed by atoms with van der Waals surface area (Å²) in [5.41, 5.74) is 0.763. The molecule has 0 radical (unpaired) electrons. The summed E-state index contributed by atoms with van der Waals surface area (Å²) in [6.45, 7) is 1.70. The van der Waals surface area contributed by atoms with Gasteiger partial charge in [-0.25, -0.2) is 4.39 Å². The Hall–Kier alpha value is -1.13. The molecule has 0 fully saturated rings. The number of Topliss-reactive ketones (excluding diaryl/α,β-unsaturated/α-hetero) is 1. The minimum atomic E-state index is -1.45. The molecule has 1 atom stereocenters. The van der Waals surface area contributed by atoms with Crippen LogP contribution in [0, 0.1) is 0 Å². The first-order chi connectivity index (χ1) is 9.49. The van der Waals surface area contributed by atoms with Gasteiger partial charge in [-0.3, -0.25) is 4.79 Å². The van der Waals surface area contributed by atoms with Crippen LogP contribution in [0.1, 0.15) is 18.9 Å². The van der Waals surface area contributed by atoms with Crippen LogP contribution < -0.4 is 4.74 Å². The maximum absolute atomic E-state index is 12.7. The minimum Gasteiger partial charge on any atom is -0.493 e. The molecular formula is C15H20ClFO3. The van der Waals surface area contributed by atoms with E-state index in [-0.39, 0.29) is 12.2 Å². The highest BCUT2D eigenvalue weighted by atomic mass is 35.5. The molecule has 1 aromatic rings. The Balaban J connectivity index is 2.57. The van der Waals surface area contributed by atoms with Gasteiger partial charge < -0.3 is 9.47 Å². The van der Waals surface area contributed by atoms with Gasteiger partial charge in [0.15, 0.2) is 5.78 Å². The SMILES string of the molecule is COCCCOc1cccc(CC(=O)C(C)(Cl)CF)c1. The third-order valence-corrected chi connectivity index (χ3v) is 3.17. The molecule has 0 heterocycles. The van der Waals surface area contributed by atoms with E-state index in [2.05, 4.69) is 0 Å². The second-order valence-corrected chi connectivity index (χ2v) is 5.61. The maximum Gasteiger partial charge on any atom is 0.160 e. The number of benzene rings is 1. The third kappa shape index (κ3) is 5.47. The Morgan fingerprint density at radius 3 is 2.80 bits per heavy atom. The molecule has 1 unspecified atom stereocenters. The molecule has 1 rings (SSSR count). The van der Waals surface area contributed by atoms with Crippen LogP contribution in [0.5, 0.6) is 5.75 Å². The van der Waals surface area contributed by atoms with Crippen molar-refractivity contribution in [2.24, 2.45) is 0 Å². The van der Waals surface area contributed by atoms with Gasteiger partial charge >= 0.3 is 0 Å². The normalized spacial score (nSPS) is 13.8. The van der Waals surface area contributed by atoms with Crippen LogP contribution in [0.2, 0.25) is 0 Å². The molecule has 0 aliphatic carbocycles. The molecule has 0 aromatic heterocycles. The van der Waals surface area contributed by atoms with E-state index < -0.39 is 11.5 Å². The zero-order valence-corrected chi connectivity index (χ0v) is 12.6. The first kappa shape index (κ1) is 16.9. The summed E-state index contributed by atoms with van der Waals surface area (Å²) in [7, 11) is 1.64. The molecule has 0 aliphatic heterocycles. The van der Waals surface area contributed by atoms with Gasteiger partial charge in [-0.15, -0.1) is 11.6 Å². The van der Waals surface area contributed by atoms with Gasteiger partial charge in [0.1, 0.15) is 17.3 Å². The van der Waals surface area contributed by atoms with Crippen LogP contribution in [-0.4, -0.2) is 37.7 Å². The highest BCUT2D eigenvalue weighted by molar-refractivity contribution is 6.35. The van der Waals surface area contributed by atoms with E-state index in [0.717, 1.165) is 12.0 Å². The van der Waals surface area contributed by atoms with Crippen molar-refractivity contribution in [2.75, 3.05) is 27.0 Å².